The number of methoxy groups -OCH3 is 1. The van der Waals surface area contributed by atoms with E-state index < -0.39 is 17.9 Å². The molecular formula is C20H23NO5. The zero-order valence-corrected chi connectivity index (χ0v) is 15.1. The van der Waals surface area contributed by atoms with Crippen molar-refractivity contribution in [3.05, 3.63) is 64.7 Å². The van der Waals surface area contributed by atoms with E-state index >= 15 is 0 Å². The van der Waals surface area contributed by atoms with Crippen molar-refractivity contribution in [3.63, 3.8) is 0 Å². The van der Waals surface area contributed by atoms with Gasteiger partial charge in [-0.1, -0.05) is 24.3 Å². The molecule has 0 heterocycles. The van der Waals surface area contributed by atoms with Gasteiger partial charge in [0.05, 0.1) is 6.61 Å². The van der Waals surface area contributed by atoms with Crippen molar-refractivity contribution in [2.75, 3.05) is 20.3 Å². The topological polar surface area (TPSA) is 84.9 Å². The fourth-order valence-corrected chi connectivity index (χ4v) is 2.54. The molecule has 6 heteroatoms. The van der Waals surface area contributed by atoms with Crippen molar-refractivity contribution in [3.8, 4) is 5.75 Å². The van der Waals surface area contributed by atoms with Crippen molar-refractivity contribution in [1.29, 1.82) is 0 Å². The van der Waals surface area contributed by atoms with Crippen molar-refractivity contribution in [1.82, 2.24) is 5.32 Å². The van der Waals surface area contributed by atoms with Crippen molar-refractivity contribution in [2.45, 2.75) is 19.9 Å². The molecule has 0 saturated carbocycles. The molecule has 0 saturated heterocycles. The lowest BCUT2D eigenvalue weighted by atomic mass is 9.97. The Morgan fingerprint density at radius 1 is 1.12 bits per heavy atom. The number of ether oxygens (including phenoxy) is 2. The third-order valence-corrected chi connectivity index (χ3v) is 4.13. The fraction of sp³-hybridized carbons (Fsp3) is 0.300. The van der Waals surface area contributed by atoms with Crippen LogP contribution in [0.4, 0.5) is 0 Å². The molecular weight excluding hydrogens is 334 g/mol. The molecule has 0 aliphatic rings. The van der Waals surface area contributed by atoms with Crippen LogP contribution in [0, 0.1) is 13.8 Å². The molecule has 0 radical (unpaired) electrons. The molecule has 6 nitrogen and oxygen atoms in total. The van der Waals surface area contributed by atoms with Gasteiger partial charge < -0.3 is 19.9 Å². The quantitative estimate of drug-likeness (QED) is 0.710. The normalized spacial score (nSPS) is 11.7. The maximum Gasteiger partial charge on any atom is 0.330 e. The first-order chi connectivity index (χ1) is 12.4. The van der Waals surface area contributed by atoms with Crippen LogP contribution in [-0.2, 0) is 9.53 Å². The van der Waals surface area contributed by atoms with Crippen LogP contribution in [0.3, 0.4) is 0 Å². The Morgan fingerprint density at radius 3 is 2.54 bits per heavy atom. The minimum atomic E-state index is -1.12. The number of amides is 1. The van der Waals surface area contributed by atoms with Gasteiger partial charge in [0.1, 0.15) is 12.4 Å². The highest BCUT2D eigenvalue weighted by atomic mass is 16.5. The number of carboxylic acids is 1. The summed E-state index contributed by atoms with van der Waals surface area (Å²) in [6.07, 6.45) is 0. The summed E-state index contributed by atoms with van der Waals surface area (Å²) >= 11 is 0. The van der Waals surface area contributed by atoms with Crippen LogP contribution in [0.2, 0.25) is 0 Å². The fourth-order valence-electron chi connectivity index (χ4n) is 2.54. The first kappa shape index (κ1) is 19.5. The van der Waals surface area contributed by atoms with Gasteiger partial charge in [0, 0.05) is 12.7 Å². The van der Waals surface area contributed by atoms with Crippen LogP contribution >= 0.6 is 0 Å². The molecule has 2 aromatic carbocycles. The molecule has 138 valence electrons. The third-order valence-electron chi connectivity index (χ3n) is 4.13. The summed E-state index contributed by atoms with van der Waals surface area (Å²) < 4.78 is 10.4. The van der Waals surface area contributed by atoms with Gasteiger partial charge in [-0.3, -0.25) is 4.79 Å². The molecule has 0 bridgehead atoms. The lowest BCUT2D eigenvalue weighted by Crippen LogP contribution is -2.34. The van der Waals surface area contributed by atoms with Crippen molar-refractivity contribution >= 4 is 11.9 Å². The monoisotopic (exact) mass is 357 g/mol. The molecule has 1 atom stereocenters. The number of hydrogen-bond acceptors (Lipinski definition) is 4. The van der Waals surface area contributed by atoms with Crippen LogP contribution in [0.1, 0.15) is 33.1 Å². The average molecular weight is 357 g/mol. The highest BCUT2D eigenvalue weighted by Gasteiger charge is 2.24. The second-order valence-corrected chi connectivity index (χ2v) is 5.90. The second kappa shape index (κ2) is 9.01. The zero-order valence-electron chi connectivity index (χ0n) is 15.1. The molecule has 0 spiro atoms. The van der Waals surface area contributed by atoms with Crippen LogP contribution < -0.4 is 10.1 Å². The molecule has 26 heavy (non-hydrogen) atoms. The first-order valence-corrected chi connectivity index (χ1v) is 8.25. The molecule has 2 rings (SSSR count). The Kier molecular flexibility index (Phi) is 6.74. The van der Waals surface area contributed by atoms with Crippen LogP contribution in [0.15, 0.2) is 42.5 Å². The molecule has 2 N–H and O–H groups in total. The molecule has 1 unspecified atom stereocenters. The Hall–Kier alpha value is -2.86. The van der Waals surface area contributed by atoms with Gasteiger partial charge in [-0.2, -0.15) is 0 Å². The smallest absolute Gasteiger partial charge is 0.330 e. The van der Waals surface area contributed by atoms with E-state index in [0.29, 0.717) is 30.1 Å². The van der Waals surface area contributed by atoms with Gasteiger partial charge in [-0.25, -0.2) is 4.79 Å². The summed E-state index contributed by atoms with van der Waals surface area (Å²) in [7, 11) is 1.58. The average Bonchev–Trinajstić information content (AvgIpc) is 2.62. The summed E-state index contributed by atoms with van der Waals surface area (Å²) in [5.41, 5.74) is 2.71. The Bertz CT molecular complexity index is 788. The van der Waals surface area contributed by atoms with E-state index in [1.807, 2.05) is 19.9 Å². The minimum absolute atomic E-state index is 0.330. The number of carbonyl (C=O) groups is 2. The Morgan fingerprint density at radius 2 is 1.85 bits per heavy atom. The standard InChI is InChI=1S/C20H23NO5/c1-13-6-4-9-17(14(13)2)18(20(23)24)21-19(22)15-7-5-8-16(12-15)26-11-10-25-3/h4-9,12,18H,10-11H2,1-3H3,(H,21,22)(H,23,24). The van der Waals surface area contributed by atoms with E-state index in [-0.39, 0.29) is 0 Å². The van der Waals surface area contributed by atoms with E-state index in [0.717, 1.165) is 11.1 Å². The van der Waals surface area contributed by atoms with Crippen molar-refractivity contribution in [2.24, 2.45) is 0 Å². The number of carboxylic acid groups (broad SMARTS) is 1. The van der Waals surface area contributed by atoms with Crippen LogP contribution in [0.5, 0.6) is 5.75 Å². The molecule has 0 aromatic heterocycles. The Balaban J connectivity index is 2.19. The largest absolute Gasteiger partial charge is 0.491 e. The molecule has 1 amide bonds. The number of rotatable bonds is 8. The highest BCUT2D eigenvalue weighted by Crippen LogP contribution is 2.22. The van der Waals surface area contributed by atoms with Crippen molar-refractivity contribution < 1.29 is 24.2 Å². The lowest BCUT2D eigenvalue weighted by Gasteiger charge is -2.18. The summed E-state index contributed by atoms with van der Waals surface area (Å²) in [5.74, 6) is -1.07. The van der Waals surface area contributed by atoms with Gasteiger partial charge in [-0.15, -0.1) is 0 Å². The molecule has 0 aliphatic carbocycles. The van der Waals surface area contributed by atoms with E-state index in [1.165, 1.54) is 0 Å². The van der Waals surface area contributed by atoms with Gasteiger partial charge in [0.25, 0.3) is 5.91 Å². The number of aliphatic carboxylic acids is 1. The summed E-state index contributed by atoms with van der Waals surface area (Å²) in [5, 5.41) is 12.2. The van der Waals surface area contributed by atoms with Gasteiger partial charge in [0.15, 0.2) is 6.04 Å². The summed E-state index contributed by atoms with van der Waals surface area (Å²) in [6, 6.07) is 10.9. The number of carbonyl (C=O) groups excluding carboxylic acids is 1. The van der Waals surface area contributed by atoms with E-state index in [4.69, 9.17) is 9.47 Å². The third kappa shape index (κ3) is 4.83. The van der Waals surface area contributed by atoms with E-state index in [9.17, 15) is 14.7 Å². The molecule has 2 aromatic rings. The number of nitrogens with one attached hydrogen (secondary N) is 1. The zero-order chi connectivity index (χ0) is 19.1. The van der Waals surface area contributed by atoms with E-state index in [1.54, 1.807) is 43.5 Å². The second-order valence-electron chi connectivity index (χ2n) is 5.90. The van der Waals surface area contributed by atoms with Gasteiger partial charge in [-0.05, 0) is 48.7 Å². The highest BCUT2D eigenvalue weighted by molar-refractivity contribution is 5.97. The maximum atomic E-state index is 12.6. The molecule has 0 aliphatic heterocycles. The van der Waals surface area contributed by atoms with Gasteiger partial charge in [0.2, 0.25) is 0 Å². The SMILES string of the molecule is COCCOc1cccc(C(=O)NC(C(=O)O)c2cccc(C)c2C)c1. The number of benzene rings is 2. The van der Waals surface area contributed by atoms with Gasteiger partial charge >= 0.3 is 5.97 Å². The van der Waals surface area contributed by atoms with Crippen LogP contribution in [-0.4, -0.2) is 37.3 Å². The first-order valence-electron chi connectivity index (χ1n) is 8.25. The van der Waals surface area contributed by atoms with E-state index in [2.05, 4.69) is 5.32 Å². The number of hydrogen-bond donors (Lipinski definition) is 2. The maximum absolute atomic E-state index is 12.6. The Labute approximate surface area is 152 Å². The molecule has 0 fully saturated rings. The predicted octanol–water partition coefficient (Wildman–Crippen LogP) is 2.88. The minimum Gasteiger partial charge on any atom is -0.491 e. The summed E-state index contributed by atoms with van der Waals surface area (Å²) in [4.78, 5) is 24.3. The number of aryl methyl sites for hydroxylation is 1. The summed E-state index contributed by atoms with van der Waals surface area (Å²) in [6.45, 7) is 4.55. The lowest BCUT2D eigenvalue weighted by molar-refractivity contribution is -0.139. The van der Waals surface area contributed by atoms with Crippen LogP contribution in [0.25, 0.3) is 0 Å². The predicted molar refractivity (Wildman–Crippen MR) is 97.6 cm³/mol.